The lowest BCUT2D eigenvalue weighted by Gasteiger charge is -2.52. The Morgan fingerprint density at radius 2 is 0.552 bits per heavy atom. The Balaban J connectivity index is 3.04. The minimum absolute atomic E-state index is 0.110. The summed E-state index contributed by atoms with van der Waals surface area (Å²) in [5, 5.41) is 39.8. The molecule has 1 rings (SSSR count). The Hall–Kier alpha value is -0.160. The van der Waals surface area contributed by atoms with E-state index in [4.69, 9.17) is 0 Å². The molecule has 29 heavy (non-hydrogen) atoms. The zero-order valence-corrected chi connectivity index (χ0v) is 19.1. The summed E-state index contributed by atoms with van der Waals surface area (Å²) < 4.78 is 0. The third-order valence-corrected chi connectivity index (χ3v) is 7.80. The van der Waals surface area contributed by atoms with Crippen LogP contribution >= 0.6 is 0 Å². The van der Waals surface area contributed by atoms with Crippen LogP contribution in [-0.4, -0.2) is 46.9 Å². The van der Waals surface area contributed by atoms with E-state index in [0.29, 0.717) is 25.7 Å². The molecule has 1 fully saturated rings. The summed E-state index contributed by atoms with van der Waals surface area (Å²) in [5.41, 5.74) is -0.397. The number of aliphatic hydroxyl groups excluding tert-OH is 4. The lowest BCUT2D eigenvalue weighted by molar-refractivity contribution is -0.0601. The average molecular weight is 415 g/mol. The molecular weight excluding hydrogens is 364 g/mol. The zero-order chi connectivity index (χ0) is 21.3. The van der Waals surface area contributed by atoms with Crippen LogP contribution in [0.15, 0.2) is 0 Å². The molecule has 0 aromatic rings. The molecule has 0 aliphatic heterocycles. The van der Waals surface area contributed by atoms with Crippen LogP contribution in [0.2, 0.25) is 0 Å². The highest BCUT2D eigenvalue weighted by atomic mass is 16.3. The summed E-state index contributed by atoms with van der Waals surface area (Å²) in [7, 11) is 0. The molecular formula is C25H50O4. The van der Waals surface area contributed by atoms with E-state index in [1.807, 2.05) is 0 Å². The first-order chi connectivity index (χ1) is 14.2. The highest BCUT2D eigenvalue weighted by Gasteiger charge is 2.48. The van der Waals surface area contributed by atoms with Gasteiger partial charge < -0.3 is 20.4 Å². The van der Waals surface area contributed by atoms with Crippen molar-refractivity contribution in [1.29, 1.82) is 0 Å². The summed E-state index contributed by atoms with van der Waals surface area (Å²) in [5.74, 6) is 0. The number of aliphatic hydroxyl groups is 4. The van der Waals surface area contributed by atoms with E-state index in [9.17, 15) is 20.4 Å². The summed E-state index contributed by atoms with van der Waals surface area (Å²) in [6, 6.07) is 0. The molecule has 0 saturated heterocycles. The van der Waals surface area contributed by atoms with Crippen LogP contribution in [0.1, 0.15) is 122 Å². The van der Waals surface area contributed by atoms with E-state index in [0.717, 1.165) is 25.7 Å². The number of hydrogen-bond donors (Lipinski definition) is 4. The summed E-state index contributed by atoms with van der Waals surface area (Å²) in [4.78, 5) is 0. The van der Waals surface area contributed by atoms with Crippen molar-refractivity contribution in [2.24, 2.45) is 10.8 Å². The Labute approximate surface area is 180 Å². The molecule has 0 atom stereocenters. The maximum Gasteiger partial charge on any atom is 0.0436 e. The van der Waals surface area contributed by atoms with Crippen molar-refractivity contribution < 1.29 is 20.4 Å². The van der Waals surface area contributed by atoms with Crippen molar-refractivity contribution >= 4 is 0 Å². The van der Waals surface area contributed by atoms with Gasteiger partial charge in [0.25, 0.3) is 0 Å². The van der Waals surface area contributed by atoms with Gasteiger partial charge in [-0.2, -0.15) is 0 Å². The monoisotopic (exact) mass is 414 g/mol. The van der Waals surface area contributed by atoms with Gasteiger partial charge in [0, 0.05) is 26.4 Å². The molecule has 4 heteroatoms. The average Bonchev–Trinajstić information content (AvgIpc) is 2.70. The van der Waals surface area contributed by atoms with Crippen molar-refractivity contribution in [1.82, 2.24) is 0 Å². The molecule has 0 unspecified atom stereocenters. The first-order valence-electron chi connectivity index (χ1n) is 12.6. The zero-order valence-electron chi connectivity index (χ0n) is 19.1. The SMILES string of the molecule is OCCC1(CCO)CCCCCCCCCCCCCCCC1(CCO)CCO. The van der Waals surface area contributed by atoms with E-state index in [2.05, 4.69) is 0 Å². The fourth-order valence-electron chi connectivity index (χ4n) is 6.07. The predicted octanol–water partition coefficient (Wildman–Crippen LogP) is 5.35. The van der Waals surface area contributed by atoms with Crippen LogP contribution in [0.25, 0.3) is 0 Å². The van der Waals surface area contributed by atoms with Gasteiger partial charge in [-0.25, -0.2) is 0 Å². The Morgan fingerprint density at radius 3 is 0.759 bits per heavy atom. The van der Waals surface area contributed by atoms with Crippen molar-refractivity contribution in [2.75, 3.05) is 26.4 Å². The largest absolute Gasteiger partial charge is 0.396 e. The van der Waals surface area contributed by atoms with Crippen molar-refractivity contribution in [3.8, 4) is 0 Å². The number of hydrogen-bond acceptors (Lipinski definition) is 4. The van der Waals surface area contributed by atoms with Crippen LogP contribution < -0.4 is 0 Å². The molecule has 4 N–H and O–H groups in total. The van der Waals surface area contributed by atoms with Crippen molar-refractivity contribution in [3.05, 3.63) is 0 Å². The van der Waals surface area contributed by atoms with Crippen molar-refractivity contribution in [2.45, 2.75) is 122 Å². The Kier molecular flexibility index (Phi) is 15.3. The van der Waals surface area contributed by atoms with E-state index < -0.39 is 0 Å². The first kappa shape index (κ1) is 26.9. The van der Waals surface area contributed by atoms with E-state index in [1.165, 1.54) is 70.6 Å². The van der Waals surface area contributed by atoms with Crippen LogP contribution in [0.3, 0.4) is 0 Å². The van der Waals surface area contributed by atoms with Crippen LogP contribution in [0, 0.1) is 10.8 Å². The van der Waals surface area contributed by atoms with Gasteiger partial charge in [0.15, 0.2) is 0 Å². The van der Waals surface area contributed by atoms with Gasteiger partial charge in [-0.15, -0.1) is 0 Å². The molecule has 1 aliphatic rings. The standard InChI is InChI=1S/C25H50O4/c26-20-16-24(17-21-27)14-12-10-8-6-4-2-1-3-5-7-9-11-13-15-25(24,18-22-28)19-23-29/h26-29H,1-23H2. The molecule has 1 aliphatic carbocycles. The van der Waals surface area contributed by atoms with Gasteiger partial charge in [-0.05, 0) is 49.4 Å². The predicted molar refractivity (Wildman–Crippen MR) is 121 cm³/mol. The quantitative estimate of drug-likeness (QED) is 0.431. The minimum atomic E-state index is -0.198. The fraction of sp³-hybridized carbons (Fsp3) is 1.00. The molecule has 0 bridgehead atoms. The summed E-state index contributed by atoms with van der Waals surface area (Å²) >= 11 is 0. The topological polar surface area (TPSA) is 80.9 Å². The third kappa shape index (κ3) is 9.25. The number of rotatable bonds is 8. The molecule has 4 nitrogen and oxygen atoms in total. The molecule has 0 aromatic carbocycles. The Morgan fingerprint density at radius 1 is 0.345 bits per heavy atom. The highest BCUT2D eigenvalue weighted by molar-refractivity contribution is 4.98. The van der Waals surface area contributed by atoms with Crippen molar-refractivity contribution in [3.63, 3.8) is 0 Å². The van der Waals surface area contributed by atoms with E-state index in [1.54, 1.807) is 0 Å². The smallest absolute Gasteiger partial charge is 0.0436 e. The minimum Gasteiger partial charge on any atom is -0.396 e. The van der Waals surface area contributed by atoms with Crippen LogP contribution in [0.4, 0.5) is 0 Å². The second kappa shape index (κ2) is 16.5. The molecule has 0 amide bonds. The molecule has 0 radical (unpaired) electrons. The Bertz CT molecular complexity index is 326. The molecule has 0 spiro atoms. The van der Waals surface area contributed by atoms with Gasteiger partial charge in [-0.1, -0.05) is 83.5 Å². The van der Waals surface area contributed by atoms with Gasteiger partial charge in [0.05, 0.1) is 0 Å². The van der Waals surface area contributed by atoms with Gasteiger partial charge in [0.2, 0.25) is 0 Å². The molecule has 174 valence electrons. The van der Waals surface area contributed by atoms with E-state index >= 15 is 0 Å². The van der Waals surface area contributed by atoms with E-state index in [-0.39, 0.29) is 37.3 Å². The van der Waals surface area contributed by atoms with Gasteiger partial charge in [0.1, 0.15) is 0 Å². The molecule has 1 saturated carbocycles. The maximum absolute atomic E-state index is 9.94. The molecule has 0 heterocycles. The normalized spacial score (nSPS) is 22.8. The van der Waals surface area contributed by atoms with Gasteiger partial charge in [-0.3, -0.25) is 0 Å². The summed E-state index contributed by atoms with van der Waals surface area (Å²) in [6.45, 7) is 0.439. The first-order valence-corrected chi connectivity index (χ1v) is 12.6. The lowest BCUT2D eigenvalue weighted by Crippen LogP contribution is -2.45. The summed E-state index contributed by atoms with van der Waals surface area (Å²) in [6.07, 6.45) is 21.2. The highest BCUT2D eigenvalue weighted by Crippen LogP contribution is 2.56. The fourth-order valence-corrected chi connectivity index (χ4v) is 6.07. The second-order valence-corrected chi connectivity index (χ2v) is 9.55. The molecule has 0 aromatic heterocycles. The van der Waals surface area contributed by atoms with Crippen LogP contribution in [-0.2, 0) is 0 Å². The third-order valence-electron chi connectivity index (χ3n) is 7.80. The van der Waals surface area contributed by atoms with Gasteiger partial charge >= 0.3 is 0 Å². The lowest BCUT2D eigenvalue weighted by atomic mass is 9.53. The second-order valence-electron chi connectivity index (χ2n) is 9.55. The maximum atomic E-state index is 9.94. The van der Waals surface area contributed by atoms with Crippen LogP contribution in [0.5, 0.6) is 0 Å².